The number of benzene rings is 1. The Morgan fingerprint density at radius 1 is 1.29 bits per heavy atom. The fraction of sp³-hybridized carbons (Fsp3) is 0.571. The van der Waals surface area contributed by atoms with E-state index in [0.29, 0.717) is 6.04 Å². The van der Waals surface area contributed by atoms with Crippen LogP contribution in [0.1, 0.15) is 32.8 Å². The molecular weight excluding hydrogens is 234 g/mol. The summed E-state index contributed by atoms with van der Waals surface area (Å²) in [6, 6.07) is 8.35. The lowest BCUT2D eigenvalue weighted by Crippen LogP contribution is -2.35. The predicted octanol–water partition coefficient (Wildman–Crippen LogP) is 3.63. The van der Waals surface area contributed by atoms with E-state index in [1.165, 1.54) is 5.56 Å². The fourth-order valence-electron chi connectivity index (χ4n) is 1.79. The summed E-state index contributed by atoms with van der Waals surface area (Å²) < 4.78 is 5.42. The van der Waals surface area contributed by atoms with Crippen molar-refractivity contribution in [1.82, 2.24) is 5.32 Å². The summed E-state index contributed by atoms with van der Waals surface area (Å²) in [6.45, 7) is 7.25. The molecule has 0 aliphatic carbocycles. The normalized spacial score (nSPS) is 13.7. The first-order chi connectivity index (χ1) is 7.93. The van der Waals surface area contributed by atoms with Gasteiger partial charge in [-0.05, 0) is 44.9 Å². The highest BCUT2D eigenvalue weighted by molar-refractivity contribution is 6.30. The van der Waals surface area contributed by atoms with Crippen molar-refractivity contribution >= 4 is 11.6 Å². The van der Waals surface area contributed by atoms with Crippen LogP contribution in [0.25, 0.3) is 0 Å². The lowest BCUT2D eigenvalue weighted by Gasteiger charge is -2.27. The molecule has 1 aromatic carbocycles. The van der Waals surface area contributed by atoms with Gasteiger partial charge in [0, 0.05) is 24.7 Å². The van der Waals surface area contributed by atoms with Gasteiger partial charge in [-0.2, -0.15) is 0 Å². The summed E-state index contributed by atoms with van der Waals surface area (Å²) >= 11 is 5.84. The maximum atomic E-state index is 5.84. The highest BCUT2D eigenvalue weighted by atomic mass is 35.5. The SMILES string of the molecule is COC(C)(C)CC(C)NCc1ccc(Cl)cc1. The van der Waals surface area contributed by atoms with Gasteiger partial charge in [-0.15, -0.1) is 0 Å². The predicted molar refractivity (Wildman–Crippen MR) is 73.5 cm³/mol. The van der Waals surface area contributed by atoms with Gasteiger partial charge in [0.05, 0.1) is 5.60 Å². The Labute approximate surface area is 109 Å². The zero-order valence-corrected chi connectivity index (χ0v) is 11.8. The summed E-state index contributed by atoms with van der Waals surface area (Å²) in [5.41, 5.74) is 1.17. The Morgan fingerprint density at radius 2 is 1.88 bits per heavy atom. The average molecular weight is 256 g/mol. The Morgan fingerprint density at radius 3 is 2.41 bits per heavy atom. The number of methoxy groups -OCH3 is 1. The maximum absolute atomic E-state index is 5.84. The molecule has 0 aliphatic heterocycles. The highest BCUT2D eigenvalue weighted by Gasteiger charge is 2.19. The van der Waals surface area contributed by atoms with Crippen LogP contribution in [0.3, 0.4) is 0 Å². The number of ether oxygens (including phenoxy) is 1. The highest BCUT2D eigenvalue weighted by Crippen LogP contribution is 2.16. The second kappa shape index (κ2) is 6.39. The van der Waals surface area contributed by atoms with Gasteiger partial charge in [-0.3, -0.25) is 0 Å². The minimum absolute atomic E-state index is 0.0770. The summed E-state index contributed by atoms with van der Waals surface area (Å²) in [5.74, 6) is 0. The zero-order chi connectivity index (χ0) is 12.9. The van der Waals surface area contributed by atoms with Gasteiger partial charge in [0.1, 0.15) is 0 Å². The molecule has 96 valence electrons. The van der Waals surface area contributed by atoms with Crippen LogP contribution in [-0.2, 0) is 11.3 Å². The maximum Gasteiger partial charge on any atom is 0.0637 e. The van der Waals surface area contributed by atoms with Crippen LogP contribution in [0.15, 0.2) is 24.3 Å². The van der Waals surface area contributed by atoms with E-state index in [-0.39, 0.29) is 5.60 Å². The van der Waals surface area contributed by atoms with E-state index >= 15 is 0 Å². The smallest absolute Gasteiger partial charge is 0.0637 e. The molecule has 0 saturated carbocycles. The van der Waals surface area contributed by atoms with Crippen LogP contribution < -0.4 is 5.32 Å². The van der Waals surface area contributed by atoms with Crippen molar-refractivity contribution in [3.8, 4) is 0 Å². The van der Waals surface area contributed by atoms with Crippen LogP contribution in [0, 0.1) is 0 Å². The second-order valence-corrected chi connectivity index (χ2v) is 5.51. The molecule has 0 radical (unpaired) electrons. The summed E-state index contributed by atoms with van der Waals surface area (Å²) in [7, 11) is 1.76. The molecule has 0 fully saturated rings. The van der Waals surface area contributed by atoms with Crippen molar-refractivity contribution in [2.45, 2.75) is 45.4 Å². The standard InChI is InChI=1S/C14H22ClNO/c1-11(9-14(2,3)17-4)16-10-12-5-7-13(15)8-6-12/h5-8,11,16H,9-10H2,1-4H3. The van der Waals surface area contributed by atoms with Gasteiger partial charge in [0.15, 0.2) is 0 Å². The van der Waals surface area contributed by atoms with Gasteiger partial charge in [-0.25, -0.2) is 0 Å². The Bertz CT molecular complexity index is 335. The van der Waals surface area contributed by atoms with Gasteiger partial charge >= 0.3 is 0 Å². The number of rotatable bonds is 6. The molecule has 17 heavy (non-hydrogen) atoms. The van der Waals surface area contributed by atoms with E-state index < -0.39 is 0 Å². The molecule has 1 unspecified atom stereocenters. The van der Waals surface area contributed by atoms with Crippen molar-refractivity contribution in [1.29, 1.82) is 0 Å². The molecule has 1 atom stereocenters. The van der Waals surface area contributed by atoms with E-state index in [9.17, 15) is 0 Å². The van der Waals surface area contributed by atoms with E-state index in [4.69, 9.17) is 16.3 Å². The average Bonchev–Trinajstić information content (AvgIpc) is 2.28. The van der Waals surface area contributed by atoms with E-state index in [0.717, 1.165) is 18.0 Å². The Hall–Kier alpha value is -0.570. The minimum atomic E-state index is -0.0770. The zero-order valence-electron chi connectivity index (χ0n) is 11.1. The summed E-state index contributed by atoms with van der Waals surface area (Å²) in [4.78, 5) is 0. The molecule has 0 aliphatic rings. The third kappa shape index (κ3) is 5.53. The quantitative estimate of drug-likeness (QED) is 0.838. The molecule has 1 aromatic rings. The lowest BCUT2D eigenvalue weighted by atomic mass is 10.00. The second-order valence-electron chi connectivity index (χ2n) is 5.08. The fourth-order valence-corrected chi connectivity index (χ4v) is 1.91. The van der Waals surface area contributed by atoms with Crippen LogP contribution in [0.2, 0.25) is 5.02 Å². The number of halogens is 1. The van der Waals surface area contributed by atoms with Crippen LogP contribution in [0.4, 0.5) is 0 Å². The monoisotopic (exact) mass is 255 g/mol. The molecule has 0 saturated heterocycles. The third-order valence-electron chi connectivity index (χ3n) is 2.92. The molecular formula is C14H22ClNO. The van der Waals surface area contributed by atoms with Crippen molar-refractivity contribution in [2.75, 3.05) is 7.11 Å². The van der Waals surface area contributed by atoms with Crippen LogP contribution in [-0.4, -0.2) is 18.8 Å². The van der Waals surface area contributed by atoms with Crippen molar-refractivity contribution in [3.63, 3.8) is 0 Å². The molecule has 0 amide bonds. The number of hydrogen-bond donors (Lipinski definition) is 1. The van der Waals surface area contributed by atoms with Crippen molar-refractivity contribution in [3.05, 3.63) is 34.9 Å². The van der Waals surface area contributed by atoms with Gasteiger partial charge in [-0.1, -0.05) is 23.7 Å². The minimum Gasteiger partial charge on any atom is -0.379 e. The van der Waals surface area contributed by atoms with Crippen LogP contribution >= 0.6 is 11.6 Å². The number of nitrogens with one attached hydrogen (secondary N) is 1. The largest absolute Gasteiger partial charge is 0.379 e. The van der Waals surface area contributed by atoms with Gasteiger partial charge in [0.2, 0.25) is 0 Å². The number of hydrogen-bond acceptors (Lipinski definition) is 2. The molecule has 0 spiro atoms. The van der Waals surface area contributed by atoms with Crippen molar-refractivity contribution < 1.29 is 4.74 Å². The summed E-state index contributed by atoms with van der Waals surface area (Å²) in [5, 5.41) is 4.27. The Kier molecular flexibility index (Phi) is 5.44. The Balaban J connectivity index is 2.38. The molecule has 3 heteroatoms. The first kappa shape index (κ1) is 14.5. The van der Waals surface area contributed by atoms with Crippen molar-refractivity contribution in [2.24, 2.45) is 0 Å². The van der Waals surface area contributed by atoms with E-state index in [2.05, 4.69) is 26.1 Å². The first-order valence-electron chi connectivity index (χ1n) is 5.96. The van der Waals surface area contributed by atoms with Crippen LogP contribution in [0.5, 0.6) is 0 Å². The van der Waals surface area contributed by atoms with E-state index in [1.807, 2.05) is 24.3 Å². The van der Waals surface area contributed by atoms with Gasteiger partial charge in [0.25, 0.3) is 0 Å². The summed E-state index contributed by atoms with van der Waals surface area (Å²) in [6.07, 6.45) is 0.983. The van der Waals surface area contributed by atoms with E-state index in [1.54, 1.807) is 7.11 Å². The first-order valence-corrected chi connectivity index (χ1v) is 6.34. The molecule has 0 bridgehead atoms. The topological polar surface area (TPSA) is 21.3 Å². The molecule has 1 rings (SSSR count). The van der Waals surface area contributed by atoms with Gasteiger partial charge < -0.3 is 10.1 Å². The third-order valence-corrected chi connectivity index (χ3v) is 3.17. The lowest BCUT2D eigenvalue weighted by molar-refractivity contribution is 0.00844. The molecule has 2 nitrogen and oxygen atoms in total. The molecule has 1 N–H and O–H groups in total. The molecule has 0 heterocycles. The molecule has 0 aromatic heterocycles.